The Labute approximate surface area is 111 Å². The first-order valence-electron chi connectivity index (χ1n) is 6.00. The minimum Gasteiger partial charge on any atom is -0.393 e. The number of anilines is 3. The minimum absolute atomic E-state index is 0.0622. The van der Waals surface area contributed by atoms with E-state index in [1.807, 2.05) is 42.2 Å². The number of rotatable bonds is 4. The van der Waals surface area contributed by atoms with Crippen molar-refractivity contribution >= 4 is 22.7 Å². The second-order valence-electron chi connectivity index (χ2n) is 4.08. The van der Waals surface area contributed by atoms with Crippen LogP contribution in [0.15, 0.2) is 48.5 Å². The van der Waals surface area contributed by atoms with Gasteiger partial charge in [0.1, 0.15) is 5.69 Å². The maximum absolute atomic E-state index is 10.8. The molecule has 0 saturated carbocycles. The molecule has 0 aliphatic carbocycles. The number of benzene rings is 2. The van der Waals surface area contributed by atoms with Crippen molar-refractivity contribution in [1.82, 2.24) is 0 Å². The van der Waals surface area contributed by atoms with Crippen LogP contribution in [-0.2, 0) is 0 Å². The largest absolute Gasteiger partial charge is 0.393 e. The highest BCUT2D eigenvalue weighted by molar-refractivity contribution is 5.71. The lowest BCUT2D eigenvalue weighted by Gasteiger charge is -2.23. The van der Waals surface area contributed by atoms with Crippen LogP contribution < -0.4 is 10.6 Å². The van der Waals surface area contributed by atoms with Crippen LogP contribution >= 0.6 is 0 Å². The third kappa shape index (κ3) is 2.65. The number of nitro benzene ring substituents is 1. The van der Waals surface area contributed by atoms with Gasteiger partial charge in [0.2, 0.25) is 0 Å². The molecule has 0 radical (unpaired) electrons. The van der Waals surface area contributed by atoms with E-state index >= 15 is 0 Å². The first kappa shape index (κ1) is 12.9. The standard InChI is InChI=1S/C14H15N3O2/c1-2-16(11-6-4-3-5-7-11)12-8-9-14(17(18)19)13(15)10-12/h3-10H,2,15H2,1H3. The molecule has 0 saturated heterocycles. The molecule has 0 unspecified atom stereocenters. The van der Waals surface area contributed by atoms with E-state index in [0.29, 0.717) is 0 Å². The minimum atomic E-state index is -0.474. The van der Waals surface area contributed by atoms with Gasteiger partial charge in [-0.3, -0.25) is 10.1 Å². The van der Waals surface area contributed by atoms with Crippen molar-refractivity contribution in [2.24, 2.45) is 0 Å². The number of nitrogens with zero attached hydrogens (tertiary/aromatic N) is 2. The van der Waals surface area contributed by atoms with E-state index in [1.54, 1.807) is 12.1 Å². The van der Waals surface area contributed by atoms with E-state index in [0.717, 1.165) is 17.9 Å². The van der Waals surface area contributed by atoms with Gasteiger partial charge >= 0.3 is 0 Å². The Balaban J connectivity index is 2.40. The molecule has 5 heteroatoms. The summed E-state index contributed by atoms with van der Waals surface area (Å²) in [5, 5.41) is 10.8. The highest BCUT2D eigenvalue weighted by atomic mass is 16.6. The van der Waals surface area contributed by atoms with Crippen LogP contribution in [0.25, 0.3) is 0 Å². The van der Waals surface area contributed by atoms with Crippen molar-refractivity contribution in [3.63, 3.8) is 0 Å². The lowest BCUT2D eigenvalue weighted by molar-refractivity contribution is -0.383. The molecule has 5 nitrogen and oxygen atoms in total. The summed E-state index contributed by atoms with van der Waals surface area (Å²) in [7, 11) is 0. The van der Waals surface area contributed by atoms with Gasteiger partial charge in [-0.2, -0.15) is 0 Å². The van der Waals surface area contributed by atoms with Crippen LogP contribution in [-0.4, -0.2) is 11.5 Å². The van der Waals surface area contributed by atoms with Gasteiger partial charge in [-0.15, -0.1) is 0 Å². The molecule has 0 amide bonds. The zero-order chi connectivity index (χ0) is 13.8. The van der Waals surface area contributed by atoms with E-state index in [9.17, 15) is 10.1 Å². The average molecular weight is 257 g/mol. The van der Waals surface area contributed by atoms with Crippen LogP contribution in [0.4, 0.5) is 22.7 Å². The molecular formula is C14H15N3O2. The van der Waals surface area contributed by atoms with Crippen molar-refractivity contribution < 1.29 is 4.92 Å². The highest BCUT2D eigenvalue weighted by Gasteiger charge is 2.14. The van der Waals surface area contributed by atoms with E-state index in [-0.39, 0.29) is 11.4 Å². The summed E-state index contributed by atoms with van der Waals surface area (Å²) < 4.78 is 0. The summed E-state index contributed by atoms with van der Waals surface area (Å²) in [5.41, 5.74) is 7.71. The molecule has 98 valence electrons. The molecule has 2 N–H and O–H groups in total. The lowest BCUT2D eigenvalue weighted by Crippen LogP contribution is -2.16. The number of hydrogen-bond donors (Lipinski definition) is 1. The van der Waals surface area contributed by atoms with E-state index in [4.69, 9.17) is 5.73 Å². The topological polar surface area (TPSA) is 72.4 Å². The fourth-order valence-electron chi connectivity index (χ4n) is 2.00. The van der Waals surface area contributed by atoms with Gasteiger partial charge in [0.25, 0.3) is 5.69 Å². The van der Waals surface area contributed by atoms with Gasteiger partial charge in [-0.25, -0.2) is 0 Å². The van der Waals surface area contributed by atoms with Gasteiger partial charge in [0.05, 0.1) is 4.92 Å². The summed E-state index contributed by atoms with van der Waals surface area (Å²) in [6, 6.07) is 14.6. The van der Waals surface area contributed by atoms with Crippen LogP contribution in [0.3, 0.4) is 0 Å². The molecule has 0 spiro atoms. The van der Waals surface area contributed by atoms with Crippen molar-refractivity contribution in [3.05, 3.63) is 58.6 Å². The molecule has 0 fully saturated rings. The summed E-state index contributed by atoms with van der Waals surface area (Å²) in [6.07, 6.45) is 0. The molecule has 0 aliphatic heterocycles. The number of para-hydroxylation sites is 1. The SMILES string of the molecule is CCN(c1ccccc1)c1ccc([N+](=O)[O-])c(N)c1. The quantitative estimate of drug-likeness (QED) is 0.518. The Morgan fingerprint density at radius 1 is 1.16 bits per heavy atom. The van der Waals surface area contributed by atoms with Crippen LogP contribution in [0.5, 0.6) is 0 Å². The Morgan fingerprint density at radius 3 is 2.37 bits per heavy atom. The van der Waals surface area contributed by atoms with Crippen molar-refractivity contribution in [3.8, 4) is 0 Å². The smallest absolute Gasteiger partial charge is 0.292 e. The molecule has 0 heterocycles. The number of nitro groups is 1. The second-order valence-corrected chi connectivity index (χ2v) is 4.08. The van der Waals surface area contributed by atoms with Crippen LogP contribution in [0.1, 0.15) is 6.92 Å². The lowest BCUT2D eigenvalue weighted by atomic mass is 10.2. The third-order valence-corrected chi connectivity index (χ3v) is 2.90. The summed E-state index contributed by atoms with van der Waals surface area (Å²) in [4.78, 5) is 12.3. The third-order valence-electron chi connectivity index (χ3n) is 2.90. The van der Waals surface area contributed by atoms with Crippen molar-refractivity contribution in [2.75, 3.05) is 17.2 Å². The molecule has 0 bridgehead atoms. The fourth-order valence-corrected chi connectivity index (χ4v) is 2.00. The Kier molecular flexibility index (Phi) is 3.66. The summed E-state index contributed by atoms with van der Waals surface area (Å²) >= 11 is 0. The van der Waals surface area contributed by atoms with Gasteiger partial charge in [-0.1, -0.05) is 18.2 Å². The monoisotopic (exact) mass is 257 g/mol. The molecule has 2 aromatic carbocycles. The Morgan fingerprint density at radius 2 is 1.84 bits per heavy atom. The Hall–Kier alpha value is -2.56. The fraction of sp³-hybridized carbons (Fsp3) is 0.143. The molecular weight excluding hydrogens is 242 g/mol. The first-order valence-corrected chi connectivity index (χ1v) is 6.00. The van der Waals surface area contributed by atoms with E-state index in [2.05, 4.69) is 0 Å². The normalized spacial score (nSPS) is 10.2. The highest BCUT2D eigenvalue weighted by Crippen LogP contribution is 2.30. The summed E-state index contributed by atoms with van der Waals surface area (Å²) in [6.45, 7) is 2.77. The van der Waals surface area contributed by atoms with Crippen molar-refractivity contribution in [1.29, 1.82) is 0 Å². The van der Waals surface area contributed by atoms with Gasteiger partial charge in [-0.05, 0) is 31.2 Å². The number of nitrogen functional groups attached to an aromatic ring is 1. The van der Waals surface area contributed by atoms with Gasteiger partial charge < -0.3 is 10.6 Å². The number of hydrogen-bond acceptors (Lipinski definition) is 4. The van der Waals surface area contributed by atoms with Gasteiger partial charge in [0.15, 0.2) is 0 Å². The molecule has 2 rings (SSSR count). The predicted molar refractivity (Wildman–Crippen MR) is 76.6 cm³/mol. The second kappa shape index (κ2) is 5.39. The average Bonchev–Trinajstić information content (AvgIpc) is 2.40. The van der Waals surface area contributed by atoms with Crippen molar-refractivity contribution in [2.45, 2.75) is 6.92 Å². The maximum Gasteiger partial charge on any atom is 0.292 e. The zero-order valence-corrected chi connectivity index (χ0v) is 10.6. The molecule has 0 aromatic heterocycles. The number of nitrogens with two attached hydrogens (primary N) is 1. The molecule has 2 aromatic rings. The summed E-state index contributed by atoms with van der Waals surface area (Å²) in [5.74, 6) is 0. The van der Waals surface area contributed by atoms with Crippen LogP contribution in [0.2, 0.25) is 0 Å². The molecule has 0 atom stereocenters. The Bertz CT molecular complexity index is 584. The van der Waals surface area contributed by atoms with E-state index in [1.165, 1.54) is 6.07 Å². The maximum atomic E-state index is 10.8. The first-order chi connectivity index (χ1) is 9.13. The predicted octanol–water partition coefficient (Wildman–Crippen LogP) is 3.34. The van der Waals surface area contributed by atoms with E-state index < -0.39 is 4.92 Å². The van der Waals surface area contributed by atoms with Crippen LogP contribution in [0, 0.1) is 10.1 Å². The molecule has 19 heavy (non-hydrogen) atoms. The molecule has 0 aliphatic rings. The zero-order valence-electron chi connectivity index (χ0n) is 10.6. The van der Waals surface area contributed by atoms with Gasteiger partial charge in [0, 0.05) is 24.0 Å².